The zero-order valence-electron chi connectivity index (χ0n) is 12.2. The van der Waals surface area contributed by atoms with Crippen LogP contribution in [-0.4, -0.2) is 15.9 Å². The molecule has 0 saturated carbocycles. The molecule has 3 aromatic rings. The molecule has 1 amide bonds. The molecule has 0 fully saturated rings. The molecule has 0 aliphatic carbocycles. The van der Waals surface area contributed by atoms with Gasteiger partial charge in [-0.25, -0.2) is 0 Å². The molecule has 0 unspecified atom stereocenters. The van der Waals surface area contributed by atoms with Crippen LogP contribution in [0.25, 0.3) is 11.3 Å². The zero-order chi connectivity index (χ0) is 16.1. The molecule has 3 rings (SSSR count). The van der Waals surface area contributed by atoms with Crippen LogP contribution in [0.15, 0.2) is 67.1 Å². The Balaban J connectivity index is 1.64. The molecule has 0 aliphatic heterocycles. The third-order valence-corrected chi connectivity index (χ3v) is 3.56. The van der Waals surface area contributed by atoms with Gasteiger partial charge in [0.15, 0.2) is 0 Å². The van der Waals surface area contributed by atoms with E-state index < -0.39 is 0 Å². The first kappa shape index (κ1) is 15.2. The molecule has 23 heavy (non-hydrogen) atoms. The van der Waals surface area contributed by atoms with Crippen LogP contribution < -0.4 is 5.32 Å². The highest BCUT2D eigenvalue weighted by molar-refractivity contribution is 6.30. The predicted molar refractivity (Wildman–Crippen MR) is 90.1 cm³/mol. The Labute approximate surface area is 139 Å². The molecular formula is C18H14ClN3O. The van der Waals surface area contributed by atoms with Gasteiger partial charge in [0, 0.05) is 41.3 Å². The summed E-state index contributed by atoms with van der Waals surface area (Å²) in [5.41, 5.74) is 3.27. The van der Waals surface area contributed by atoms with Crippen LogP contribution in [0.5, 0.6) is 0 Å². The Morgan fingerprint density at radius 3 is 2.70 bits per heavy atom. The smallest absolute Gasteiger partial charge is 0.251 e. The van der Waals surface area contributed by atoms with E-state index in [0.717, 1.165) is 16.8 Å². The van der Waals surface area contributed by atoms with Crippen LogP contribution in [-0.2, 0) is 6.54 Å². The fourth-order valence-electron chi connectivity index (χ4n) is 2.13. The average Bonchev–Trinajstić information content (AvgIpc) is 2.61. The minimum atomic E-state index is -0.163. The number of carbonyl (C=O) groups is 1. The van der Waals surface area contributed by atoms with Crippen molar-refractivity contribution in [3.8, 4) is 11.3 Å². The highest BCUT2D eigenvalue weighted by Crippen LogP contribution is 2.15. The van der Waals surface area contributed by atoms with Crippen LogP contribution in [0.4, 0.5) is 0 Å². The number of rotatable bonds is 4. The topological polar surface area (TPSA) is 54.9 Å². The van der Waals surface area contributed by atoms with Crippen LogP contribution >= 0.6 is 11.6 Å². The largest absolute Gasteiger partial charge is 0.348 e. The van der Waals surface area contributed by atoms with Crippen molar-refractivity contribution in [2.45, 2.75) is 6.54 Å². The van der Waals surface area contributed by atoms with Gasteiger partial charge < -0.3 is 5.32 Å². The molecule has 0 radical (unpaired) electrons. The Morgan fingerprint density at radius 2 is 2.00 bits per heavy atom. The summed E-state index contributed by atoms with van der Waals surface area (Å²) in [6.45, 7) is 0.408. The van der Waals surface area contributed by atoms with E-state index in [1.807, 2.05) is 24.3 Å². The number of pyridine rings is 2. The first-order valence-electron chi connectivity index (χ1n) is 7.11. The highest BCUT2D eigenvalue weighted by atomic mass is 35.5. The number of hydrogen-bond acceptors (Lipinski definition) is 3. The van der Waals surface area contributed by atoms with E-state index in [9.17, 15) is 4.79 Å². The van der Waals surface area contributed by atoms with Crippen molar-refractivity contribution in [2.24, 2.45) is 0 Å². The average molecular weight is 324 g/mol. The molecule has 0 bridgehead atoms. The van der Waals surface area contributed by atoms with E-state index >= 15 is 0 Å². The summed E-state index contributed by atoms with van der Waals surface area (Å²) in [5, 5.41) is 3.39. The molecular weight excluding hydrogens is 310 g/mol. The summed E-state index contributed by atoms with van der Waals surface area (Å²) in [6.07, 6.45) is 5.24. The molecule has 0 spiro atoms. The summed E-state index contributed by atoms with van der Waals surface area (Å²) in [6, 6.07) is 14.5. The maximum Gasteiger partial charge on any atom is 0.251 e. The number of hydrogen-bond donors (Lipinski definition) is 1. The second-order valence-corrected chi connectivity index (χ2v) is 5.42. The maximum absolute atomic E-state index is 12.1. The summed E-state index contributed by atoms with van der Waals surface area (Å²) in [5.74, 6) is -0.163. The standard InChI is InChI=1S/C18H14ClN3O/c19-16-5-1-3-14(9-16)18(23)22-11-13-6-7-17(21-10-13)15-4-2-8-20-12-15/h1-10,12H,11H2,(H,22,23). The Bertz CT molecular complexity index is 804. The van der Waals surface area contributed by atoms with Crippen molar-refractivity contribution < 1.29 is 4.79 Å². The van der Waals surface area contributed by atoms with Gasteiger partial charge in [0.25, 0.3) is 5.91 Å². The second kappa shape index (κ2) is 7.03. The number of aromatic nitrogens is 2. The van der Waals surface area contributed by atoms with Crippen LogP contribution in [0.2, 0.25) is 5.02 Å². The van der Waals surface area contributed by atoms with E-state index in [4.69, 9.17) is 11.6 Å². The van der Waals surface area contributed by atoms with Gasteiger partial charge in [-0.1, -0.05) is 23.7 Å². The molecule has 0 atom stereocenters. The third kappa shape index (κ3) is 3.93. The molecule has 1 N–H and O–H groups in total. The first-order chi connectivity index (χ1) is 11.2. The summed E-state index contributed by atoms with van der Waals surface area (Å²) < 4.78 is 0. The molecule has 1 aromatic carbocycles. The van der Waals surface area contributed by atoms with E-state index in [1.54, 1.807) is 42.9 Å². The third-order valence-electron chi connectivity index (χ3n) is 3.32. The fraction of sp³-hybridized carbons (Fsp3) is 0.0556. The lowest BCUT2D eigenvalue weighted by Gasteiger charge is -2.06. The predicted octanol–water partition coefficient (Wildman–Crippen LogP) is 3.73. The van der Waals surface area contributed by atoms with Gasteiger partial charge in [0.2, 0.25) is 0 Å². The van der Waals surface area contributed by atoms with Gasteiger partial charge in [0.1, 0.15) is 0 Å². The lowest BCUT2D eigenvalue weighted by Crippen LogP contribution is -2.22. The Morgan fingerprint density at radius 1 is 1.09 bits per heavy atom. The monoisotopic (exact) mass is 323 g/mol. The van der Waals surface area contributed by atoms with Gasteiger partial charge in [0.05, 0.1) is 5.69 Å². The van der Waals surface area contributed by atoms with Gasteiger partial charge in [-0.15, -0.1) is 0 Å². The number of amides is 1. The zero-order valence-corrected chi connectivity index (χ0v) is 13.0. The van der Waals surface area contributed by atoms with Crippen molar-refractivity contribution in [1.29, 1.82) is 0 Å². The summed E-state index contributed by atoms with van der Waals surface area (Å²) in [7, 11) is 0. The van der Waals surface area contributed by atoms with Crippen LogP contribution in [0.3, 0.4) is 0 Å². The number of nitrogens with one attached hydrogen (secondary N) is 1. The molecule has 4 nitrogen and oxygen atoms in total. The highest BCUT2D eigenvalue weighted by Gasteiger charge is 2.06. The molecule has 2 heterocycles. The van der Waals surface area contributed by atoms with Gasteiger partial charge in [-0.05, 0) is 42.0 Å². The molecule has 0 saturated heterocycles. The van der Waals surface area contributed by atoms with Crippen molar-refractivity contribution in [2.75, 3.05) is 0 Å². The fourth-order valence-corrected chi connectivity index (χ4v) is 2.32. The normalized spacial score (nSPS) is 10.3. The summed E-state index contributed by atoms with van der Waals surface area (Å²) in [4.78, 5) is 20.5. The Hall–Kier alpha value is -2.72. The van der Waals surface area contributed by atoms with E-state index in [0.29, 0.717) is 17.1 Å². The summed E-state index contributed by atoms with van der Waals surface area (Å²) >= 11 is 5.89. The van der Waals surface area contributed by atoms with Gasteiger partial charge >= 0.3 is 0 Å². The van der Waals surface area contributed by atoms with Crippen LogP contribution in [0, 0.1) is 0 Å². The number of halogens is 1. The van der Waals surface area contributed by atoms with Gasteiger partial charge in [-0.3, -0.25) is 14.8 Å². The molecule has 2 aromatic heterocycles. The van der Waals surface area contributed by atoms with E-state index in [-0.39, 0.29) is 5.91 Å². The van der Waals surface area contributed by atoms with Crippen LogP contribution in [0.1, 0.15) is 15.9 Å². The lowest BCUT2D eigenvalue weighted by molar-refractivity contribution is 0.0951. The minimum Gasteiger partial charge on any atom is -0.348 e. The molecule has 5 heteroatoms. The van der Waals surface area contributed by atoms with Crippen molar-refractivity contribution in [1.82, 2.24) is 15.3 Å². The minimum absolute atomic E-state index is 0.163. The van der Waals surface area contributed by atoms with E-state index in [1.165, 1.54) is 0 Å². The number of nitrogens with zero attached hydrogens (tertiary/aromatic N) is 2. The Kier molecular flexibility index (Phi) is 4.64. The SMILES string of the molecule is O=C(NCc1ccc(-c2cccnc2)nc1)c1cccc(Cl)c1. The molecule has 0 aliphatic rings. The number of carbonyl (C=O) groups excluding carboxylic acids is 1. The first-order valence-corrected chi connectivity index (χ1v) is 7.49. The van der Waals surface area contributed by atoms with Gasteiger partial charge in [-0.2, -0.15) is 0 Å². The lowest BCUT2D eigenvalue weighted by atomic mass is 10.1. The maximum atomic E-state index is 12.1. The second-order valence-electron chi connectivity index (χ2n) is 4.99. The van der Waals surface area contributed by atoms with Crippen molar-refractivity contribution in [3.63, 3.8) is 0 Å². The quantitative estimate of drug-likeness (QED) is 0.796. The molecule has 114 valence electrons. The van der Waals surface area contributed by atoms with E-state index in [2.05, 4.69) is 15.3 Å². The van der Waals surface area contributed by atoms with Crippen molar-refractivity contribution >= 4 is 17.5 Å². The van der Waals surface area contributed by atoms with Crippen molar-refractivity contribution in [3.05, 3.63) is 83.3 Å². The number of benzene rings is 1.